The van der Waals surface area contributed by atoms with Crippen LogP contribution in [0.2, 0.25) is 0 Å². The predicted octanol–water partition coefficient (Wildman–Crippen LogP) is 10.5. The minimum absolute atomic E-state index is 0. The van der Waals surface area contributed by atoms with E-state index in [0.29, 0.717) is 0 Å². The van der Waals surface area contributed by atoms with Gasteiger partial charge in [0.05, 0.1) is 0 Å². The first-order valence-corrected chi connectivity index (χ1v) is 13.3. The molecule has 0 aromatic rings. The molecular weight excluding hydrogens is 348 g/mol. The van der Waals surface area contributed by atoms with Crippen LogP contribution in [-0.2, 0) is 0 Å². The second kappa shape index (κ2) is 16.7. The van der Waals surface area contributed by atoms with E-state index in [0.717, 1.165) is 53.3 Å². The van der Waals surface area contributed by atoms with E-state index in [1.165, 1.54) is 51.4 Å². The summed E-state index contributed by atoms with van der Waals surface area (Å²) < 4.78 is 0. The largest absolute Gasteiger partial charge is 0.0776 e. The van der Waals surface area contributed by atoms with E-state index in [4.69, 9.17) is 0 Å². The zero-order valence-electron chi connectivity index (χ0n) is 21.9. The lowest BCUT2D eigenvalue weighted by atomic mass is 9.52. The van der Waals surface area contributed by atoms with Gasteiger partial charge in [-0.15, -0.1) is 0 Å². The summed E-state index contributed by atoms with van der Waals surface area (Å²) >= 11 is 0. The van der Waals surface area contributed by atoms with E-state index in [1.54, 1.807) is 0 Å². The van der Waals surface area contributed by atoms with Gasteiger partial charge in [-0.3, -0.25) is 0 Å². The Bertz CT molecular complexity index is 353. The molecule has 1 aliphatic carbocycles. The molecule has 0 amide bonds. The Morgan fingerprint density at radius 3 is 1.55 bits per heavy atom. The lowest BCUT2D eigenvalue weighted by Crippen LogP contribution is -2.46. The summed E-state index contributed by atoms with van der Waals surface area (Å²) in [4.78, 5) is 0. The Kier molecular flexibility index (Phi) is 17.9. The normalized spacial score (nSPS) is 23.9. The molecule has 0 bridgehead atoms. The van der Waals surface area contributed by atoms with Gasteiger partial charge in [-0.1, -0.05) is 122 Å². The molecule has 7 unspecified atom stereocenters. The minimum atomic E-state index is 0. The van der Waals surface area contributed by atoms with Crippen LogP contribution in [0.15, 0.2) is 0 Å². The SMILES string of the molecule is C.CC.CCCC(C)C(C)C(C(CCC)C(CC)CC)C1CCC1C(C)C(C)C. The maximum Gasteiger partial charge on any atom is -0.0324 e. The Morgan fingerprint density at radius 2 is 1.21 bits per heavy atom. The Hall–Kier alpha value is 0. The Balaban J connectivity index is 0. The van der Waals surface area contributed by atoms with Crippen molar-refractivity contribution in [1.29, 1.82) is 0 Å². The molecule has 0 saturated heterocycles. The molecule has 0 heteroatoms. The predicted molar refractivity (Wildman–Crippen MR) is 137 cm³/mol. The van der Waals surface area contributed by atoms with Crippen molar-refractivity contribution < 1.29 is 0 Å². The van der Waals surface area contributed by atoms with Gasteiger partial charge in [0.25, 0.3) is 0 Å². The van der Waals surface area contributed by atoms with Crippen LogP contribution >= 0.6 is 0 Å². The van der Waals surface area contributed by atoms with Crippen molar-refractivity contribution in [2.75, 3.05) is 0 Å². The highest BCUT2D eigenvalue weighted by atomic mass is 14.5. The van der Waals surface area contributed by atoms with Crippen LogP contribution in [0, 0.1) is 53.3 Å². The summed E-state index contributed by atoms with van der Waals surface area (Å²) in [5, 5.41) is 0. The standard InChI is InChI=1S/C26H52.C2H6.CH4/c1-10-14-19(7)21(9)26(24(15-11-2)22(12-3)13-4)25-17-16-23(25)20(8)18(5)6;1-2;/h18-26H,10-17H2,1-9H3;1-2H3;1H4. The summed E-state index contributed by atoms with van der Waals surface area (Å²) in [6.07, 6.45) is 11.3. The number of hydrogen-bond acceptors (Lipinski definition) is 0. The Labute approximate surface area is 188 Å². The monoisotopic (exact) mass is 410 g/mol. The zero-order valence-corrected chi connectivity index (χ0v) is 21.9. The smallest absolute Gasteiger partial charge is 0.0324 e. The molecule has 1 fully saturated rings. The molecule has 0 radical (unpaired) electrons. The van der Waals surface area contributed by atoms with Crippen molar-refractivity contribution in [1.82, 2.24) is 0 Å². The van der Waals surface area contributed by atoms with Crippen molar-refractivity contribution >= 4 is 0 Å². The van der Waals surface area contributed by atoms with Gasteiger partial charge in [-0.25, -0.2) is 0 Å². The first-order valence-electron chi connectivity index (χ1n) is 13.3. The molecule has 1 aliphatic rings. The average Bonchev–Trinajstić information content (AvgIpc) is 2.66. The Morgan fingerprint density at radius 1 is 0.724 bits per heavy atom. The van der Waals surface area contributed by atoms with Crippen molar-refractivity contribution in [3.8, 4) is 0 Å². The molecule has 0 heterocycles. The van der Waals surface area contributed by atoms with E-state index in [9.17, 15) is 0 Å². The third kappa shape index (κ3) is 8.57. The third-order valence-corrected chi connectivity index (χ3v) is 8.62. The van der Waals surface area contributed by atoms with E-state index in [-0.39, 0.29) is 7.43 Å². The molecule has 1 rings (SSSR count). The lowest BCUT2D eigenvalue weighted by molar-refractivity contribution is -0.0386. The summed E-state index contributed by atoms with van der Waals surface area (Å²) in [6, 6.07) is 0. The summed E-state index contributed by atoms with van der Waals surface area (Å²) in [5.74, 6) is 8.35. The molecule has 0 spiro atoms. The van der Waals surface area contributed by atoms with Crippen molar-refractivity contribution in [3.63, 3.8) is 0 Å². The van der Waals surface area contributed by atoms with Crippen molar-refractivity contribution in [3.05, 3.63) is 0 Å². The van der Waals surface area contributed by atoms with Gasteiger partial charge >= 0.3 is 0 Å². The molecule has 178 valence electrons. The van der Waals surface area contributed by atoms with Crippen LogP contribution in [-0.4, -0.2) is 0 Å². The summed E-state index contributed by atoms with van der Waals surface area (Å²) in [6.45, 7) is 26.3. The first kappa shape index (κ1) is 31.2. The van der Waals surface area contributed by atoms with Gasteiger partial charge in [0.1, 0.15) is 0 Å². The average molecular weight is 411 g/mol. The topological polar surface area (TPSA) is 0 Å². The highest BCUT2D eigenvalue weighted by Gasteiger charge is 2.46. The highest BCUT2D eigenvalue weighted by molar-refractivity contribution is 4.95. The molecule has 29 heavy (non-hydrogen) atoms. The van der Waals surface area contributed by atoms with Crippen molar-refractivity contribution in [2.24, 2.45) is 53.3 Å². The van der Waals surface area contributed by atoms with Gasteiger partial charge < -0.3 is 0 Å². The number of rotatable bonds is 13. The van der Waals surface area contributed by atoms with Crippen LogP contribution in [0.4, 0.5) is 0 Å². The fraction of sp³-hybridized carbons (Fsp3) is 1.00. The summed E-state index contributed by atoms with van der Waals surface area (Å²) in [7, 11) is 0. The molecule has 1 saturated carbocycles. The molecule has 0 nitrogen and oxygen atoms in total. The van der Waals surface area contributed by atoms with Gasteiger partial charge in [0.2, 0.25) is 0 Å². The maximum atomic E-state index is 2.63. The molecular formula is C29H62. The van der Waals surface area contributed by atoms with Crippen LogP contribution < -0.4 is 0 Å². The second-order valence-corrected chi connectivity index (χ2v) is 10.2. The van der Waals surface area contributed by atoms with E-state index in [2.05, 4.69) is 62.3 Å². The zero-order chi connectivity index (χ0) is 21.9. The van der Waals surface area contributed by atoms with Crippen molar-refractivity contribution in [2.45, 2.75) is 135 Å². The molecule has 0 aromatic heterocycles. The maximum absolute atomic E-state index is 2.63. The van der Waals surface area contributed by atoms with Gasteiger partial charge in [0, 0.05) is 0 Å². The summed E-state index contributed by atoms with van der Waals surface area (Å²) in [5.41, 5.74) is 0. The van der Waals surface area contributed by atoms with Gasteiger partial charge in [-0.05, 0) is 66.1 Å². The minimum Gasteiger partial charge on any atom is -0.0776 e. The first-order chi connectivity index (χ1) is 13.3. The van der Waals surface area contributed by atoms with Crippen LogP contribution in [0.5, 0.6) is 0 Å². The third-order valence-electron chi connectivity index (χ3n) is 8.62. The van der Waals surface area contributed by atoms with Gasteiger partial charge in [0.15, 0.2) is 0 Å². The van der Waals surface area contributed by atoms with Crippen LogP contribution in [0.3, 0.4) is 0 Å². The van der Waals surface area contributed by atoms with Crippen LogP contribution in [0.25, 0.3) is 0 Å². The quantitative estimate of drug-likeness (QED) is 0.283. The highest BCUT2D eigenvalue weighted by Crippen LogP contribution is 2.54. The van der Waals surface area contributed by atoms with E-state index < -0.39 is 0 Å². The lowest BCUT2D eigenvalue weighted by Gasteiger charge is -2.53. The molecule has 0 N–H and O–H groups in total. The molecule has 0 aliphatic heterocycles. The molecule has 0 aromatic carbocycles. The van der Waals surface area contributed by atoms with Crippen LogP contribution in [0.1, 0.15) is 135 Å². The number of hydrogen-bond donors (Lipinski definition) is 0. The van der Waals surface area contributed by atoms with E-state index in [1.807, 2.05) is 13.8 Å². The second-order valence-electron chi connectivity index (χ2n) is 10.2. The molecule has 7 atom stereocenters. The fourth-order valence-electron chi connectivity index (χ4n) is 6.34. The fourth-order valence-corrected chi connectivity index (χ4v) is 6.34. The van der Waals surface area contributed by atoms with E-state index >= 15 is 0 Å². The van der Waals surface area contributed by atoms with Gasteiger partial charge in [-0.2, -0.15) is 0 Å².